The van der Waals surface area contributed by atoms with E-state index in [0.717, 1.165) is 42.5 Å². The van der Waals surface area contributed by atoms with E-state index in [4.69, 9.17) is 0 Å². The highest BCUT2D eigenvalue weighted by Gasteiger charge is 2.28. The van der Waals surface area contributed by atoms with Crippen LogP contribution in [0.4, 0.5) is 11.4 Å². The maximum absolute atomic E-state index is 13.6. The first-order chi connectivity index (χ1) is 16.1. The molecule has 9 heteroatoms. The first-order valence-corrected chi connectivity index (χ1v) is 12.9. The van der Waals surface area contributed by atoms with Crippen molar-refractivity contribution in [3.05, 3.63) is 87.0 Å². The molecule has 4 rings (SSSR count). The number of aromatic nitrogens is 1. The first kappa shape index (κ1) is 23.7. The molecule has 1 heterocycles. The van der Waals surface area contributed by atoms with Crippen LogP contribution in [0.15, 0.2) is 70.4 Å². The Morgan fingerprint density at radius 2 is 1.74 bits per heavy atom. The van der Waals surface area contributed by atoms with E-state index < -0.39 is 22.5 Å². The van der Waals surface area contributed by atoms with Gasteiger partial charge in [0.1, 0.15) is 6.54 Å². The van der Waals surface area contributed by atoms with Gasteiger partial charge in [-0.2, -0.15) is 0 Å². The van der Waals surface area contributed by atoms with Crippen molar-refractivity contribution in [2.45, 2.75) is 25.7 Å². The molecule has 1 N–H and O–H groups in total. The van der Waals surface area contributed by atoms with Crippen LogP contribution in [0.2, 0.25) is 0 Å². The van der Waals surface area contributed by atoms with Gasteiger partial charge in [-0.3, -0.25) is 13.9 Å². The minimum Gasteiger partial charge on any atom is -0.324 e. The molecule has 0 atom stereocenters. The number of benzene rings is 3. The number of amides is 1. The lowest BCUT2D eigenvalue weighted by molar-refractivity contribution is -0.114. The predicted molar refractivity (Wildman–Crippen MR) is 137 cm³/mol. The molecule has 4 aromatic rings. The average molecular weight is 496 g/mol. The van der Waals surface area contributed by atoms with E-state index in [2.05, 4.69) is 5.32 Å². The number of fused-ring (bicyclic) bond motifs is 1. The number of carbonyl (C=O) groups excluding carboxylic acids is 1. The fraction of sp³-hybridized carbons (Fsp3) is 0.200. The molecule has 0 aliphatic carbocycles. The van der Waals surface area contributed by atoms with Crippen molar-refractivity contribution < 1.29 is 13.2 Å². The zero-order valence-electron chi connectivity index (χ0n) is 19.3. The number of thiazole rings is 1. The summed E-state index contributed by atoms with van der Waals surface area (Å²) in [7, 11) is -2.31. The highest BCUT2D eigenvalue weighted by atomic mass is 32.2. The molecule has 0 saturated heterocycles. The number of hydrogen-bond acceptors (Lipinski definition) is 5. The second kappa shape index (κ2) is 9.08. The van der Waals surface area contributed by atoms with Crippen LogP contribution >= 0.6 is 11.3 Å². The lowest BCUT2D eigenvalue weighted by Gasteiger charge is -2.26. The summed E-state index contributed by atoms with van der Waals surface area (Å²) in [6, 6.07) is 17.1. The second-order valence-corrected chi connectivity index (χ2v) is 11.1. The lowest BCUT2D eigenvalue weighted by Crippen LogP contribution is -2.38. The number of sulfonamides is 1. The van der Waals surface area contributed by atoms with Crippen molar-refractivity contribution in [1.82, 2.24) is 4.57 Å². The van der Waals surface area contributed by atoms with E-state index in [0.29, 0.717) is 11.4 Å². The summed E-state index contributed by atoms with van der Waals surface area (Å²) in [4.78, 5) is 25.0. The zero-order chi connectivity index (χ0) is 24.6. The molecule has 1 amide bonds. The minimum absolute atomic E-state index is 0.0937. The first-order valence-electron chi connectivity index (χ1n) is 10.6. The van der Waals surface area contributed by atoms with Crippen molar-refractivity contribution in [2.24, 2.45) is 7.05 Å². The molecule has 7 nitrogen and oxygen atoms in total. The quantitative estimate of drug-likeness (QED) is 0.431. The number of carbonyl (C=O) groups is 1. The second-order valence-electron chi connectivity index (χ2n) is 8.20. The van der Waals surface area contributed by atoms with Crippen molar-refractivity contribution >= 4 is 48.9 Å². The molecule has 34 heavy (non-hydrogen) atoms. The Kier molecular flexibility index (Phi) is 6.33. The Balaban J connectivity index is 1.69. The van der Waals surface area contributed by atoms with E-state index in [1.54, 1.807) is 66.2 Å². The molecule has 0 aliphatic heterocycles. The van der Waals surface area contributed by atoms with Crippen LogP contribution in [0.5, 0.6) is 0 Å². The van der Waals surface area contributed by atoms with E-state index in [9.17, 15) is 18.0 Å². The van der Waals surface area contributed by atoms with Gasteiger partial charge in [0, 0.05) is 12.7 Å². The molecular formula is C25H25N3O4S2. The van der Waals surface area contributed by atoms with Gasteiger partial charge in [0.15, 0.2) is 0 Å². The van der Waals surface area contributed by atoms with Gasteiger partial charge in [-0.25, -0.2) is 8.42 Å². The number of rotatable bonds is 6. The summed E-state index contributed by atoms with van der Waals surface area (Å²) >= 11 is 1.09. The Labute approximate surface area is 202 Å². The summed E-state index contributed by atoms with van der Waals surface area (Å²) in [5.74, 6) is -0.487. The molecule has 176 valence electrons. The molecule has 0 aliphatic rings. The number of nitrogens with one attached hydrogen (secondary N) is 1. The summed E-state index contributed by atoms with van der Waals surface area (Å²) in [6.07, 6.45) is 0. The number of aryl methyl sites for hydroxylation is 3. The van der Waals surface area contributed by atoms with Crippen molar-refractivity contribution in [3.8, 4) is 0 Å². The van der Waals surface area contributed by atoms with Gasteiger partial charge in [0.25, 0.3) is 10.0 Å². The fourth-order valence-electron chi connectivity index (χ4n) is 3.69. The number of hydrogen-bond donors (Lipinski definition) is 1. The summed E-state index contributed by atoms with van der Waals surface area (Å²) in [5, 5.41) is 2.78. The Hall–Kier alpha value is -3.43. The standard InChI is InChI=1S/C25H25N3O4S2/c1-16-8-11-20(12-9-16)34(31,32)28(21-7-5-6-17(2)18(21)3)15-24(29)26-19-10-13-22-23(14-19)33-25(30)27(22)4/h5-14H,15H2,1-4H3,(H,26,29). The minimum atomic E-state index is -4.00. The van der Waals surface area contributed by atoms with Gasteiger partial charge in [-0.05, 0) is 68.3 Å². The molecule has 0 bridgehead atoms. The molecule has 0 fully saturated rings. The summed E-state index contributed by atoms with van der Waals surface area (Å²) < 4.78 is 30.7. The van der Waals surface area contributed by atoms with Crippen LogP contribution < -0.4 is 14.5 Å². The van der Waals surface area contributed by atoms with Gasteiger partial charge in [0.05, 0.1) is 20.8 Å². The lowest BCUT2D eigenvalue weighted by atomic mass is 10.1. The van der Waals surface area contributed by atoms with Crippen LogP contribution in [0, 0.1) is 20.8 Å². The van der Waals surface area contributed by atoms with Crippen LogP contribution in [0.3, 0.4) is 0 Å². The van der Waals surface area contributed by atoms with Gasteiger partial charge < -0.3 is 9.88 Å². The molecular weight excluding hydrogens is 470 g/mol. The predicted octanol–water partition coefficient (Wildman–Crippen LogP) is 4.36. The molecule has 1 aromatic heterocycles. The van der Waals surface area contributed by atoms with Crippen LogP contribution in [-0.2, 0) is 21.9 Å². The largest absolute Gasteiger partial charge is 0.324 e. The Morgan fingerprint density at radius 3 is 2.44 bits per heavy atom. The topological polar surface area (TPSA) is 88.5 Å². The third-order valence-electron chi connectivity index (χ3n) is 5.82. The van der Waals surface area contributed by atoms with Crippen LogP contribution in [-0.4, -0.2) is 25.4 Å². The van der Waals surface area contributed by atoms with E-state index in [-0.39, 0.29) is 9.77 Å². The van der Waals surface area contributed by atoms with Crippen LogP contribution in [0.25, 0.3) is 10.2 Å². The SMILES string of the molecule is Cc1ccc(S(=O)(=O)N(CC(=O)Nc2ccc3c(c2)sc(=O)n3C)c2cccc(C)c2C)cc1. The van der Waals surface area contributed by atoms with Crippen molar-refractivity contribution in [3.63, 3.8) is 0 Å². The highest BCUT2D eigenvalue weighted by molar-refractivity contribution is 7.92. The number of nitrogens with zero attached hydrogens (tertiary/aromatic N) is 2. The summed E-state index contributed by atoms with van der Waals surface area (Å²) in [6.45, 7) is 5.22. The average Bonchev–Trinajstić information content (AvgIpc) is 3.07. The molecule has 0 spiro atoms. The van der Waals surface area contributed by atoms with Gasteiger partial charge >= 0.3 is 4.87 Å². The van der Waals surface area contributed by atoms with Crippen LogP contribution in [0.1, 0.15) is 16.7 Å². The smallest absolute Gasteiger partial charge is 0.307 e. The fourth-order valence-corrected chi connectivity index (χ4v) is 6.08. The maximum atomic E-state index is 13.6. The molecule has 0 saturated carbocycles. The van der Waals surface area contributed by atoms with Gasteiger partial charge in [-0.15, -0.1) is 0 Å². The molecule has 3 aromatic carbocycles. The number of anilines is 2. The molecule has 0 unspecified atom stereocenters. The van der Waals surface area contributed by atoms with Crippen molar-refractivity contribution in [1.29, 1.82) is 0 Å². The maximum Gasteiger partial charge on any atom is 0.307 e. The van der Waals surface area contributed by atoms with E-state index in [1.807, 2.05) is 26.8 Å². The zero-order valence-corrected chi connectivity index (χ0v) is 21.0. The highest BCUT2D eigenvalue weighted by Crippen LogP contribution is 2.29. The third-order valence-corrected chi connectivity index (χ3v) is 8.59. The molecule has 0 radical (unpaired) electrons. The van der Waals surface area contributed by atoms with E-state index in [1.165, 1.54) is 0 Å². The monoisotopic (exact) mass is 495 g/mol. The Morgan fingerprint density at radius 1 is 1.03 bits per heavy atom. The van der Waals surface area contributed by atoms with Gasteiger partial charge in [0.2, 0.25) is 5.91 Å². The van der Waals surface area contributed by atoms with E-state index >= 15 is 0 Å². The summed E-state index contributed by atoms with van der Waals surface area (Å²) in [5.41, 5.74) is 4.36. The Bertz CT molecular complexity index is 1550. The van der Waals surface area contributed by atoms with Crippen molar-refractivity contribution in [2.75, 3.05) is 16.2 Å². The van der Waals surface area contributed by atoms with Gasteiger partial charge in [-0.1, -0.05) is 41.2 Å². The normalized spacial score (nSPS) is 11.5. The third kappa shape index (κ3) is 4.49.